The van der Waals surface area contributed by atoms with Crippen LogP contribution in [-0.2, 0) is 11.5 Å². The number of likely N-dealkylation sites (tertiary alicyclic amines) is 1. The Morgan fingerprint density at radius 1 is 1.13 bits per heavy atom. The van der Waals surface area contributed by atoms with Gasteiger partial charge in [0.1, 0.15) is 18.4 Å². The lowest BCUT2D eigenvalue weighted by Gasteiger charge is -2.22. The van der Waals surface area contributed by atoms with Crippen LogP contribution in [0.4, 0.5) is 11.6 Å². The third kappa shape index (κ3) is 5.60. The number of carbonyl (C=O) groups excluding carboxylic acids is 1. The van der Waals surface area contributed by atoms with Crippen LogP contribution in [0.1, 0.15) is 34.9 Å². The summed E-state index contributed by atoms with van der Waals surface area (Å²) in [5, 5.41) is 9.09. The fraction of sp³-hybridized carbons (Fsp3) is 0.414. The standard InChI is InChI=1S/C29H38N6O2Si/c1-30-28-23-9-8-21(15-20(23)10-11-31-28)29(36)33-27-17-25-22(18-32-27)16-26(24-7-6-12-34(24)2)35(25)19-37-13-14-38(3,4)5/h8-11,15-18,24H,6-7,12-14,19H2,1-5H3,(H,30,31)(H,32,33,36)/t24-/m1/s1. The maximum absolute atomic E-state index is 13.2. The van der Waals surface area contributed by atoms with Crippen LogP contribution in [0.25, 0.3) is 21.7 Å². The van der Waals surface area contributed by atoms with Gasteiger partial charge in [-0.05, 0) is 68.2 Å². The van der Waals surface area contributed by atoms with Crippen molar-refractivity contribution in [1.29, 1.82) is 0 Å². The van der Waals surface area contributed by atoms with Gasteiger partial charge in [0, 0.05) is 68.3 Å². The molecule has 1 aliphatic rings. The first kappa shape index (κ1) is 26.3. The van der Waals surface area contributed by atoms with Crippen LogP contribution in [0.2, 0.25) is 25.7 Å². The first-order valence-electron chi connectivity index (χ1n) is 13.4. The van der Waals surface area contributed by atoms with Crippen LogP contribution in [-0.4, -0.2) is 60.7 Å². The van der Waals surface area contributed by atoms with Gasteiger partial charge in [0.2, 0.25) is 0 Å². The first-order valence-corrected chi connectivity index (χ1v) is 17.1. The smallest absolute Gasteiger partial charge is 0.256 e. The van der Waals surface area contributed by atoms with E-state index in [1.54, 1.807) is 6.20 Å². The van der Waals surface area contributed by atoms with Gasteiger partial charge in [-0.2, -0.15) is 0 Å². The monoisotopic (exact) mass is 530 g/mol. The van der Waals surface area contributed by atoms with Crippen LogP contribution in [0.15, 0.2) is 48.8 Å². The maximum Gasteiger partial charge on any atom is 0.256 e. The summed E-state index contributed by atoms with van der Waals surface area (Å²) in [5.41, 5.74) is 2.86. The number of benzene rings is 1. The highest BCUT2D eigenvalue weighted by atomic mass is 28.3. The molecule has 1 aliphatic heterocycles. The number of rotatable bonds is 9. The topological polar surface area (TPSA) is 84.3 Å². The summed E-state index contributed by atoms with van der Waals surface area (Å²) in [6, 6.07) is 13.2. The van der Waals surface area contributed by atoms with Crippen molar-refractivity contribution >= 4 is 47.3 Å². The lowest BCUT2D eigenvalue weighted by atomic mass is 10.1. The molecule has 2 N–H and O–H groups in total. The van der Waals surface area contributed by atoms with E-state index in [4.69, 9.17) is 4.74 Å². The average Bonchev–Trinajstić information content (AvgIpc) is 3.47. The van der Waals surface area contributed by atoms with Gasteiger partial charge in [-0.3, -0.25) is 9.69 Å². The van der Waals surface area contributed by atoms with Gasteiger partial charge in [-0.1, -0.05) is 19.6 Å². The maximum atomic E-state index is 13.2. The predicted octanol–water partition coefficient (Wildman–Crippen LogP) is 5.96. The number of nitrogens with zero attached hydrogens (tertiary/aromatic N) is 4. The summed E-state index contributed by atoms with van der Waals surface area (Å²) in [6.07, 6.45) is 5.92. The van der Waals surface area contributed by atoms with Gasteiger partial charge in [-0.15, -0.1) is 0 Å². The Hall–Kier alpha value is -3.27. The SMILES string of the molecule is CNc1nccc2cc(C(=O)Nc3cc4c(cn3)cc([C@H]3CCCN3C)n4COCC[Si](C)(C)C)ccc12. The van der Waals surface area contributed by atoms with Gasteiger partial charge in [0.25, 0.3) is 5.91 Å². The van der Waals surface area contributed by atoms with E-state index in [0.29, 0.717) is 24.2 Å². The minimum absolute atomic E-state index is 0.193. The van der Waals surface area contributed by atoms with Crippen LogP contribution < -0.4 is 10.6 Å². The fourth-order valence-corrected chi connectivity index (χ4v) is 5.95. The Balaban J connectivity index is 1.42. The van der Waals surface area contributed by atoms with E-state index in [1.807, 2.05) is 43.6 Å². The molecule has 1 aromatic carbocycles. The molecule has 1 atom stereocenters. The van der Waals surface area contributed by atoms with E-state index >= 15 is 0 Å². The zero-order valence-corrected chi connectivity index (χ0v) is 24.0. The van der Waals surface area contributed by atoms with Crippen molar-refractivity contribution in [3.8, 4) is 0 Å². The van der Waals surface area contributed by atoms with E-state index in [2.05, 4.69) is 62.8 Å². The Bertz CT molecular complexity index is 1460. The largest absolute Gasteiger partial charge is 0.373 e. The molecular formula is C29H38N6O2Si. The molecule has 1 amide bonds. The van der Waals surface area contributed by atoms with Gasteiger partial charge >= 0.3 is 0 Å². The van der Waals surface area contributed by atoms with Crippen LogP contribution in [0.5, 0.6) is 0 Å². The third-order valence-electron chi connectivity index (χ3n) is 7.40. The quantitative estimate of drug-likeness (QED) is 0.205. The first-order chi connectivity index (χ1) is 18.2. The molecule has 3 aromatic heterocycles. The second kappa shape index (κ2) is 10.8. The molecule has 0 saturated carbocycles. The number of aromatic nitrogens is 3. The number of carbonyl (C=O) groups is 1. The van der Waals surface area contributed by atoms with Gasteiger partial charge in [0.05, 0.1) is 5.52 Å². The Morgan fingerprint density at radius 2 is 1.97 bits per heavy atom. The fourth-order valence-electron chi connectivity index (χ4n) is 5.19. The molecule has 8 nitrogen and oxygen atoms in total. The van der Waals surface area contributed by atoms with E-state index in [-0.39, 0.29) is 5.91 Å². The van der Waals surface area contributed by atoms with Crippen LogP contribution in [0, 0.1) is 0 Å². The molecule has 1 fully saturated rings. The summed E-state index contributed by atoms with van der Waals surface area (Å²) in [5.74, 6) is 1.13. The molecule has 9 heteroatoms. The highest BCUT2D eigenvalue weighted by molar-refractivity contribution is 6.76. The average molecular weight is 531 g/mol. The lowest BCUT2D eigenvalue weighted by Crippen LogP contribution is -2.23. The molecule has 200 valence electrons. The summed E-state index contributed by atoms with van der Waals surface area (Å²) in [6.45, 7) is 9.46. The summed E-state index contributed by atoms with van der Waals surface area (Å²) < 4.78 is 8.48. The molecule has 1 saturated heterocycles. The zero-order chi connectivity index (χ0) is 26.9. The van der Waals surface area contributed by atoms with E-state index in [9.17, 15) is 4.79 Å². The van der Waals surface area contributed by atoms with Crippen molar-refractivity contribution < 1.29 is 9.53 Å². The highest BCUT2D eigenvalue weighted by Crippen LogP contribution is 2.35. The number of hydrogen-bond acceptors (Lipinski definition) is 6. The number of fused-ring (bicyclic) bond motifs is 2. The second-order valence-corrected chi connectivity index (χ2v) is 17.0. The molecule has 5 rings (SSSR count). The van der Waals surface area contributed by atoms with Crippen molar-refractivity contribution in [3.05, 3.63) is 60.0 Å². The molecule has 4 aromatic rings. The molecule has 0 aliphatic carbocycles. The number of pyridine rings is 2. The molecule has 38 heavy (non-hydrogen) atoms. The number of nitrogens with one attached hydrogen (secondary N) is 2. The summed E-state index contributed by atoms with van der Waals surface area (Å²) in [7, 11) is 2.86. The molecular weight excluding hydrogens is 492 g/mol. The molecule has 0 radical (unpaired) electrons. The molecule has 0 unspecified atom stereocenters. The van der Waals surface area contributed by atoms with Crippen molar-refractivity contribution in [3.63, 3.8) is 0 Å². The Morgan fingerprint density at radius 3 is 2.71 bits per heavy atom. The van der Waals surface area contributed by atoms with Crippen molar-refractivity contribution in [1.82, 2.24) is 19.4 Å². The van der Waals surface area contributed by atoms with Crippen LogP contribution in [0.3, 0.4) is 0 Å². The predicted molar refractivity (Wildman–Crippen MR) is 158 cm³/mol. The van der Waals surface area contributed by atoms with Crippen molar-refractivity contribution in [2.24, 2.45) is 0 Å². The lowest BCUT2D eigenvalue weighted by molar-refractivity contribution is 0.0857. The number of ether oxygens (including phenoxy) is 1. The summed E-state index contributed by atoms with van der Waals surface area (Å²) in [4.78, 5) is 24.5. The van der Waals surface area contributed by atoms with E-state index < -0.39 is 8.07 Å². The third-order valence-corrected chi connectivity index (χ3v) is 9.11. The molecule has 0 bridgehead atoms. The van der Waals surface area contributed by atoms with E-state index in [1.165, 1.54) is 12.1 Å². The number of hydrogen-bond donors (Lipinski definition) is 2. The van der Waals surface area contributed by atoms with Crippen LogP contribution >= 0.6 is 0 Å². The molecule has 0 spiro atoms. The number of anilines is 2. The highest BCUT2D eigenvalue weighted by Gasteiger charge is 2.27. The minimum Gasteiger partial charge on any atom is -0.373 e. The zero-order valence-electron chi connectivity index (χ0n) is 23.0. The van der Waals surface area contributed by atoms with Crippen molar-refractivity contribution in [2.45, 2.75) is 51.3 Å². The van der Waals surface area contributed by atoms with Gasteiger partial charge < -0.3 is 19.9 Å². The van der Waals surface area contributed by atoms with Gasteiger partial charge in [-0.25, -0.2) is 9.97 Å². The van der Waals surface area contributed by atoms with E-state index in [0.717, 1.165) is 53.1 Å². The Labute approximate surface area is 225 Å². The summed E-state index contributed by atoms with van der Waals surface area (Å²) >= 11 is 0. The molecule has 4 heterocycles. The second-order valence-electron chi connectivity index (χ2n) is 11.4. The minimum atomic E-state index is -1.17. The Kier molecular flexibility index (Phi) is 7.51. The van der Waals surface area contributed by atoms with Crippen molar-refractivity contribution in [2.75, 3.05) is 37.9 Å². The normalized spacial score (nSPS) is 16.4. The number of amides is 1. The van der Waals surface area contributed by atoms with Gasteiger partial charge in [0.15, 0.2) is 0 Å².